The first-order valence-corrected chi connectivity index (χ1v) is 7.88. The van der Waals surface area contributed by atoms with Crippen molar-refractivity contribution in [1.29, 1.82) is 0 Å². The average Bonchev–Trinajstić information content (AvgIpc) is 2.99. The number of hydrogen-bond donors (Lipinski definition) is 1. The molecule has 6 nitrogen and oxygen atoms in total. The molecule has 1 amide bonds. The summed E-state index contributed by atoms with van der Waals surface area (Å²) >= 11 is 1.60. The van der Waals surface area contributed by atoms with Crippen LogP contribution >= 0.6 is 11.3 Å². The van der Waals surface area contributed by atoms with Gasteiger partial charge in [0, 0.05) is 12.1 Å². The van der Waals surface area contributed by atoms with Crippen LogP contribution in [0.2, 0.25) is 0 Å². The number of nitrogens with one attached hydrogen (secondary N) is 1. The molecule has 0 aliphatic heterocycles. The van der Waals surface area contributed by atoms with Gasteiger partial charge in [-0.2, -0.15) is 5.10 Å². The van der Waals surface area contributed by atoms with Crippen LogP contribution in [0, 0.1) is 20.8 Å². The summed E-state index contributed by atoms with van der Waals surface area (Å²) in [5.41, 5.74) is 1.59. The van der Waals surface area contributed by atoms with E-state index in [1.165, 1.54) is 0 Å². The fourth-order valence-electron chi connectivity index (χ4n) is 2.33. The van der Waals surface area contributed by atoms with E-state index < -0.39 is 0 Å². The minimum Gasteiger partial charge on any atom is -0.350 e. The van der Waals surface area contributed by atoms with E-state index in [2.05, 4.69) is 20.4 Å². The zero-order valence-electron chi connectivity index (χ0n) is 12.8. The van der Waals surface area contributed by atoms with E-state index in [1.807, 2.05) is 39.0 Å². The Hall–Kier alpha value is -2.28. The number of rotatable bonds is 4. The quantitative estimate of drug-likeness (QED) is 0.801. The van der Waals surface area contributed by atoms with Gasteiger partial charge < -0.3 is 5.32 Å². The lowest BCUT2D eigenvalue weighted by Crippen LogP contribution is -2.27. The van der Waals surface area contributed by atoms with Gasteiger partial charge in [-0.1, -0.05) is 0 Å². The van der Waals surface area contributed by atoms with Crippen molar-refractivity contribution in [3.05, 3.63) is 40.4 Å². The lowest BCUT2D eigenvalue weighted by Gasteiger charge is -2.06. The van der Waals surface area contributed by atoms with Gasteiger partial charge in [0.25, 0.3) is 5.91 Å². The number of nitrogens with zero attached hydrogens (tertiary/aromatic N) is 4. The highest BCUT2D eigenvalue weighted by atomic mass is 32.1. The summed E-state index contributed by atoms with van der Waals surface area (Å²) in [6.07, 6.45) is 0. The predicted octanol–water partition coefficient (Wildman–Crippen LogP) is 2.24. The maximum absolute atomic E-state index is 12.2. The zero-order chi connectivity index (χ0) is 15.7. The molecule has 0 spiro atoms. The molecule has 0 fully saturated rings. The van der Waals surface area contributed by atoms with Crippen molar-refractivity contribution in [2.75, 3.05) is 6.54 Å². The predicted molar refractivity (Wildman–Crippen MR) is 86.2 cm³/mol. The molecule has 114 valence electrons. The number of carbonyl (C=O) groups excluding carboxylic acids is 1. The van der Waals surface area contributed by atoms with Gasteiger partial charge in [-0.25, -0.2) is 14.6 Å². The van der Waals surface area contributed by atoms with Crippen molar-refractivity contribution in [1.82, 2.24) is 25.1 Å². The number of hydrogen-bond acceptors (Lipinski definition) is 5. The van der Waals surface area contributed by atoms with Crippen molar-refractivity contribution < 1.29 is 4.79 Å². The number of benzene rings is 1. The summed E-state index contributed by atoms with van der Waals surface area (Å²) < 4.78 is 2.83. The van der Waals surface area contributed by atoms with Crippen molar-refractivity contribution in [3.63, 3.8) is 0 Å². The molecule has 7 heteroatoms. The van der Waals surface area contributed by atoms with Gasteiger partial charge in [0.2, 0.25) is 0 Å². The van der Waals surface area contributed by atoms with Gasteiger partial charge in [0.05, 0.1) is 21.8 Å². The summed E-state index contributed by atoms with van der Waals surface area (Å²) in [5.74, 6) is 1.52. The van der Waals surface area contributed by atoms with Crippen LogP contribution in [0.3, 0.4) is 0 Å². The number of aryl methyl sites for hydroxylation is 3. The summed E-state index contributed by atoms with van der Waals surface area (Å²) in [6, 6.07) is 5.58. The minimum absolute atomic E-state index is 0.0811. The first-order chi connectivity index (χ1) is 10.5. The van der Waals surface area contributed by atoms with Crippen molar-refractivity contribution >= 4 is 27.5 Å². The molecule has 2 heterocycles. The maximum Gasteiger partial charge on any atom is 0.251 e. The molecule has 0 atom stereocenters. The molecular formula is C15H17N5OS. The molecule has 0 aliphatic carbocycles. The van der Waals surface area contributed by atoms with E-state index in [4.69, 9.17) is 0 Å². The van der Waals surface area contributed by atoms with Crippen LogP contribution in [0.1, 0.15) is 27.0 Å². The number of carbonyl (C=O) groups is 1. The van der Waals surface area contributed by atoms with Crippen LogP contribution in [0.25, 0.3) is 10.2 Å². The van der Waals surface area contributed by atoms with Crippen molar-refractivity contribution in [2.45, 2.75) is 27.3 Å². The minimum atomic E-state index is -0.0811. The molecule has 1 aromatic carbocycles. The van der Waals surface area contributed by atoms with Gasteiger partial charge >= 0.3 is 0 Å². The molecule has 0 unspecified atom stereocenters. The molecule has 3 rings (SSSR count). The Morgan fingerprint density at radius 2 is 2.09 bits per heavy atom. The Kier molecular flexibility index (Phi) is 3.89. The molecular weight excluding hydrogens is 298 g/mol. The number of aromatic nitrogens is 4. The molecule has 1 N–H and O–H groups in total. The van der Waals surface area contributed by atoms with E-state index in [1.54, 1.807) is 16.0 Å². The largest absolute Gasteiger partial charge is 0.350 e. The third-order valence-corrected chi connectivity index (χ3v) is 4.26. The molecule has 0 saturated carbocycles. The molecule has 2 aromatic heterocycles. The first-order valence-electron chi connectivity index (χ1n) is 7.06. The molecule has 0 saturated heterocycles. The fourth-order valence-corrected chi connectivity index (χ4v) is 3.20. The lowest BCUT2D eigenvalue weighted by molar-refractivity contribution is 0.0952. The van der Waals surface area contributed by atoms with Crippen LogP contribution in [0.15, 0.2) is 18.2 Å². The Balaban J connectivity index is 1.64. The normalized spacial score (nSPS) is 11.0. The molecule has 0 aliphatic rings. The smallest absolute Gasteiger partial charge is 0.251 e. The molecule has 0 radical (unpaired) electrons. The highest BCUT2D eigenvalue weighted by molar-refractivity contribution is 7.18. The number of fused-ring (bicyclic) bond motifs is 1. The van der Waals surface area contributed by atoms with Crippen LogP contribution in [0.5, 0.6) is 0 Å². The second-order valence-electron chi connectivity index (χ2n) is 5.10. The van der Waals surface area contributed by atoms with Crippen LogP contribution in [0.4, 0.5) is 0 Å². The topological polar surface area (TPSA) is 72.7 Å². The van der Waals surface area contributed by atoms with Gasteiger partial charge in [-0.05, 0) is 39.0 Å². The highest BCUT2D eigenvalue weighted by Crippen LogP contribution is 2.22. The van der Waals surface area contributed by atoms with E-state index >= 15 is 0 Å². The SMILES string of the molecule is Cc1nc(C)n(CCNC(=O)c2ccc3nc(C)sc3c2)n1. The molecule has 0 bridgehead atoms. The number of amides is 1. The van der Waals surface area contributed by atoms with Crippen LogP contribution in [-0.4, -0.2) is 32.2 Å². The van der Waals surface area contributed by atoms with E-state index in [0.29, 0.717) is 18.7 Å². The third-order valence-electron chi connectivity index (χ3n) is 3.33. The van der Waals surface area contributed by atoms with Crippen molar-refractivity contribution in [2.24, 2.45) is 0 Å². The van der Waals surface area contributed by atoms with E-state index in [9.17, 15) is 4.79 Å². The second-order valence-corrected chi connectivity index (χ2v) is 6.34. The average molecular weight is 315 g/mol. The molecule has 22 heavy (non-hydrogen) atoms. The zero-order valence-corrected chi connectivity index (χ0v) is 13.6. The van der Waals surface area contributed by atoms with Crippen LogP contribution < -0.4 is 5.32 Å². The van der Waals surface area contributed by atoms with Gasteiger partial charge in [-0.3, -0.25) is 4.79 Å². The lowest BCUT2D eigenvalue weighted by atomic mass is 10.2. The Morgan fingerprint density at radius 1 is 1.27 bits per heavy atom. The van der Waals surface area contributed by atoms with Gasteiger partial charge in [0.15, 0.2) is 0 Å². The molecule has 3 aromatic rings. The third kappa shape index (κ3) is 2.99. The van der Waals surface area contributed by atoms with Gasteiger partial charge in [-0.15, -0.1) is 11.3 Å². The summed E-state index contributed by atoms with van der Waals surface area (Å²) in [6.45, 7) is 6.85. The highest BCUT2D eigenvalue weighted by Gasteiger charge is 2.09. The summed E-state index contributed by atoms with van der Waals surface area (Å²) in [4.78, 5) is 20.8. The monoisotopic (exact) mass is 315 g/mol. The van der Waals surface area contributed by atoms with Crippen LogP contribution in [-0.2, 0) is 6.54 Å². The fraction of sp³-hybridized carbons (Fsp3) is 0.333. The standard InChI is InChI=1S/C15H17N5OS/c1-9-17-10(2)20(19-9)7-6-16-15(21)12-4-5-13-14(8-12)22-11(3)18-13/h4-5,8H,6-7H2,1-3H3,(H,16,21). The Bertz CT molecular complexity index is 836. The maximum atomic E-state index is 12.2. The Labute approximate surface area is 132 Å². The first kappa shape index (κ1) is 14.6. The summed E-state index contributed by atoms with van der Waals surface area (Å²) in [7, 11) is 0. The van der Waals surface area contributed by atoms with E-state index in [0.717, 1.165) is 26.9 Å². The summed E-state index contributed by atoms with van der Waals surface area (Å²) in [5, 5.41) is 8.19. The second kappa shape index (κ2) is 5.84. The van der Waals surface area contributed by atoms with Crippen molar-refractivity contribution in [3.8, 4) is 0 Å². The Morgan fingerprint density at radius 3 is 2.82 bits per heavy atom. The van der Waals surface area contributed by atoms with Gasteiger partial charge in [0.1, 0.15) is 11.6 Å². The number of thiazole rings is 1. The van der Waals surface area contributed by atoms with E-state index in [-0.39, 0.29) is 5.91 Å².